The van der Waals surface area contributed by atoms with Gasteiger partial charge in [0.25, 0.3) is 0 Å². The number of rotatable bonds is 7. The highest BCUT2D eigenvalue weighted by atomic mass is 19.1. The van der Waals surface area contributed by atoms with Crippen molar-refractivity contribution in [1.82, 2.24) is 5.32 Å². The Kier molecular flexibility index (Phi) is 6.38. The van der Waals surface area contributed by atoms with Crippen LogP contribution in [0.2, 0.25) is 0 Å². The maximum atomic E-state index is 13.4. The first-order chi connectivity index (χ1) is 9.06. The summed E-state index contributed by atoms with van der Waals surface area (Å²) < 4.78 is 31.0. The third kappa shape index (κ3) is 5.32. The molecule has 6 heteroatoms. The smallest absolute Gasteiger partial charge is 0.224 e. The van der Waals surface area contributed by atoms with Crippen molar-refractivity contribution in [3.8, 4) is 0 Å². The van der Waals surface area contributed by atoms with E-state index in [-0.39, 0.29) is 31.2 Å². The van der Waals surface area contributed by atoms with Gasteiger partial charge in [0.1, 0.15) is 11.6 Å². The number of benzene rings is 1. The first-order valence-corrected chi connectivity index (χ1v) is 5.90. The number of carbonyl (C=O) groups is 1. The number of halogens is 2. The lowest BCUT2D eigenvalue weighted by atomic mass is 10.1. The first kappa shape index (κ1) is 15.5. The second-order valence-corrected chi connectivity index (χ2v) is 4.14. The van der Waals surface area contributed by atoms with Gasteiger partial charge in [-0.15, -0.1) is 0 Å². The van der Waals surface area contributed by atoms with Gasteiger partial charge < -0.3 is 15.2 Å². The van der Waals surface area contributed by atoms with Crippen molar-refractivity contribution in [3.63, 3.8) is 0 Å². The van der Waals surface area contributed by atoms with Crippen molar-refractivity contribution in [3.05, 3.63) is 35.4 Å². The molecule has 4 nitrogen and oxygen atoms in total. The van der Waals surface area contributed by atoms with Gasteiger partial charge in [0.05, 0.1) is 19.1 Å². The van der Waals surface area contributed by atoms with Gasteiger partial charge in [0.15, 0.2) is 0 Å². The molecule has 1 amide bonds. The third-order valence-corrected chi connectivity index (χ3v) is 2.58. The molecule has 0 aliphatic heterocycles. The van der Waals surface area contributed by atoms with E-state index in [9.17, 15) is 13.6 Å². The quantitative estimate of drug-likeness (QED) is 0.780. The van der Waals surface area contributed by atoms with E-state index in [1.54, 1.807) is 0 Å². The summed E-state index contributed by atoms with van der Waals surface area (Å²) in [7, 11) is 1.48. The van der Waals surface area contributed by atoms with Gasteiger partial charge in [-0.25, -0.2) is 8.78 Å². The van der Waals surface area contributed by atoms with Crippen LogP contribution < -0.4 is 5.32 Å². The Balaban J connectivity index is 2.58. The zero-order valence-electron chi connectivity index (χ0n) is 10.7. The number of carbonyl (C=O) groups excluding carboxylic acids is 1. The summed E-state index contributed by atoms with van der Waals surface area (Å²) in [6.45, 7) is 0.178. The highest BCUT2D eigenvalue weighted by molar-refractivity contribution is 5.78. The Labute approximate surface area is 110 Å². The molecule has 0 radical (unpaired) electrons. The number of amides is 1. The molecule has 0 saturated carbocycles. The minimum absolute atomic E-state index is 0.0841. The lowest BCUT2D eigenvalue weighted by Crippen LogP contribution is -2.39. The molecule has 1 unspecified atom stereocenters. The van der Waals surface area contributed by atoms with Gasteiger partial charge in [0, 0.05) is 19.8 Å². The van der Waals surface area contributed by atoms with E-state index in [4.69, 9.17) is 9.84 Å². The lowest BCUT2D eigenvalue weighted by molar-refractivity contribution is -0.121. The maximum absolute atomic E-state index is 13.4. The van der Waals surface area contributed by atoms with Gasteiger partial charge in [0.2, 0.25) is 5.91 Å². The van der Waals surface area contributed by atoms with E-state index in [1.165, 1.54) is 13.2 Å². The zero-order valence-corrected chi connectivity index (χ0v) is 10.7. The Hall–Kier alpha value is -1.53. The fourth-order valence-electron chi connectivity index (χ4n) is 1.67. The molecule has 1 atom stereocenters. The van der Waals surface area contributed by atoms with Crippen LogP contribution in [0.3, 0.4) is 0 Å². The molecule has 0 heterocycles. The van der Waals surface area contributed by atoms with Crippen LogP contribution in [0, 0.1) is 11.6 Å². The molecule has 0 bridgehead atoms. The van der Waals surface area contributed by atoms with E-state index in [0.29, 0.717) is 6.42 Å². The van der Waals surface area contributed by atoms with Gasteiger partial charge in [-0.3, -0.25) is 4.79 Å². The number of aliphatic hydroxyl groups is 1. The normalized spacial score (nSPS) is 12.2. The van der Waals surface area contributed by atoms with Gasteiger partial charge in [-0.05, 0) is 18.1 Å². The van der Waals surface area contributed by atoms with E-state index in [0.717, 1.165) is 12.1 Å². The Morgan fingerprint density at radius 3 is 2.79 bits per heavy atom. The number of aliphatic hydroxyl groups excluding tert-OH is 1. The van der Waals surface area contributed by atoms with Crippen LogP contribution in [0.25, 0.3) is 0 Å². The average Bonchev–Trinajstić information content (AvgIpc) is 2.33. The number of hydrogen-bond acceptors (Lipinski definition) is 3. The van der Waals surface area contributed by atoms with E-state index < -0.39 is 17.5 Å². The highest BCUT2D eigenvalue weighted by Gasteiger charge is 2.14. The zero-order chi connectivity index (χ0) is 14.3. The molecule has 0 aliphatic carbocycles. The molecule has 0 fully saturated rings. The number of ether oxygens (including phenoxy) is 1. The molecule has 19 heavy (non-hydrogen) atoms. The molecule has 0 saturated heterocycles. The fraction of sp³-hybridized carbons (Fsp3) is 0.462. The fourth-order valence-corrected chi connectivity index (χ4v) is 1.67. The van der Waals surface area contributed by atoms with Crippen molar-refractivity contribution in [1.29, 1.82) is 0 Å². The Bertz CT molecular complexity index is 420. The summed E-state index contributed by atoms with van der Waals surface area (Å²) in [6, 6.07) is 2.75. The van der Waals surface area contributed by atoms with E-state index in [2.05, 4.69) is 5.32 Å². The summed E-state index contributed by atoms with van der Waals surface area (Å²) in [4.78, 5) is 11.7. The third-order valence-electron chi connectivity index (χ3n) is 2.58. The molecule has 0 spiro atoms. The van der Waals surface area contributed by atoms with Crippen molar-refractivity contribution in [2.24, 2.45) is 0 Å². The van der Waals surface area contributed by atoms with Crippen molar-refractivity contribution >= 4 is 5.91 Å². The number of hydrogen-bond donors (Lipinski definition) is 2. The molecule has 1 aromatic carbocycles. The summed E-state index contributed by atoms with van der Waals surface area (Å²) in [5, 5.41) is 11.5. The average molecular weight is 273 g/mol. The topological polar surface area (TPSA) is 58.6 Å². The second-order valence-electron chi connectivity index (χ2n) is 4.14. The van der Waals surface area contributed by atoms with Crippen molar-refractivity contribution in [2.75, 3.05) is 20.3 Å². The predicted octanol–water partition coefficient (Wildman–Crippen LogP) is 1.02. The van der Waals surface area contributed by atoms with Gasteiger partial charge in [-0.2, -0.15) is 0 Å². The maximum Gasteiger partial charge on any atom is 0.224 e. The van der Waals surface area contributed by atoms with Crippen molar-refractivity contribution in [2.45, 2.75) is 18.9 Å². The summed E-state index contributed by atoms with van der Waals surface area (Å²) in [5.41, 5.74) is 0.124. The highest BCUT2D eigenvalue weighted by Crippen LogP contribution is 2.10. The molecule has 106 valence electrons. The van der Waals surface area contributed by atoms with E-state index >= 15 is 0 Å². The van der Waals surface area contributed by atoms with Gasteiger partial charge >= 0.3 is 0 Å². The largest absolute Gasteiger partial charge is 0.396 e. The van der Waals surface area contributed by atoms with Crippen LogP contribution in [0.15, 0.2) is 18.2 Å². The standard InChI is InChI=1S/C13H17F2NO3/c1-19-8-11(4-5-17)16-13(18)6-9-2-3-10(14)7-12(9)15/h2-3,7,11,17H,4-6,8H2,1H3,(H,16,18). The first-order valence-electron chi connectivity index (χ1n) is 5.90. The summed E-state index contributed by atoms with van der Waals surface area (Å²) >= 11 is 0. The van der Waals surface area contributed by atoms with Crippen LogP contribution in [-0.4, -0.2) is 37.4 Å². The van der Waals surface area contributed by atoms with E-state index in [1.807, 2.05) is 0 Å². The Morgan fingerprint density at radius 2 is 2.21 bits per heavy atom. The monoisotopic (exact) mass is 273 g/mol. The predicted molar refractivity (Wildman–Crippen MR) is 65.6 cm³/mol. The molecular formula is C13H17F2NO3. The van der Waals surface area contributed by atoms with Crippen LogP contribution >= 0.6 is 0 Å². The minimum atomic E-state index is -0.749. The molecule has 1 aromatic rings. The Morgan fingerprint density at radius 1 is 1.47 bits per heavy atom. The van der Waals surface area contributed by atoms with Crippen LogP contribution in [-0.2, 0) is 16.0 Å². The van der Waals surface area contributed by atoms with Crippen LogP contribution in [0.5, 0.6) is 0 Å². The van der Waals surface area contributed by atoms with Crippen LogP contribution in [0.4, 0.5) is 8.78 Å². The molecule has 1 rings (SSSR count). The lowest BCUT2D eigenvalue weighted by Gasteiger charge is -2.16. The summed E-state index contributed by atoms with van der Waals surface area (Å²) in [6.07, 6.45) is 0.170. The molecule has 0 aliphatic rings. The molecule has 2 N–H and O–H groups in total. The number of methoxy groups -OCH3 is 1. The number of nitrogens with one attached hydrogen (secondary N) is 1. The van der Waals surface area contributed by atoms with Crippen LogP contribution in [0.1, 0.15) is 12.0 Å². The second kappa shape index (κ2) is 7.81. The molecule has 0 aromatic heterocycles. The van der Waals surface area contributed by atoms with Crippen molar-refractivity contribution < 1.29 is 23.4 Å². The minimum Gasteiger partial charge on any atom is -0.396 e. The SMILES string of the molecule is COCC(CCO)NC(=O)Cc1ccc(F)cc1F. The molecular weight excluding hydrogens is 256 g/mol. The van der Waals surface area contributed by atoms with Gasteiger partial charge in [-0.1, -0.05) is 6.07 Å². The summed E-state index contributed by atoms with van der Waals surface area (Å²) in [5.74, 6) is -1.83.